The highest BCUT2D eigenvalue weighted by atomic mass is 32.2. The number of aromatic nitrogens is 2. The van der Waals surface area contributed by atoms with Crippen LogP contribution in [0.15, 0.2) is 46.8 Å². The van der Waals surface area contributed by atoms with Crippen molar-refractivity contribution in [3.63, 3.8) is 0 Å². The van der Waals surface area contributed by atoms with Crippen LogP contribution in [0.2, 0.25) is 0 Å². The van der Waals surface area contributed by atoms with E-state index in [0.717, 1.165) is 26.6 Å². The van der Waals surface area contributed by atoms with Gasteiger partial charge in [-0.3, -0.25) is 4.79 Å². The van der Waals surface area contributed by atoms with E-state index in [4.69, 9.17) is 0 Å². The minimum atomic E-state index is 0.148. The molecular weight excluding hydrogens is 288 g/mol. The standard InChI is InChI=1S/C15H12N2OS2/c1-10(18)9-20-15-11-5-2-3-6-12(11)16-14(17-15)13-7-4-8-19-13/h2-8H,9H2,1H3. The van der Waals surface area contributed by atoms with Gasteiger partial charge in [-0.05, 0) is 24.4 Å². The monoisotopic (exact) mass is 300 g/mol. The number of rotatable bonds is 4. The first-order chi connectivity index (χ1) is 9.74. The number of carbonyl (C=O) groups excluding carboxylic acids is 1. The first kappa shape index (κ1) is 13.3. The second-order valence-electron chi connectivity index (χ2n) is 4.34. The van der Waals surface area contributed by atoms with E-state index in [0.29, 0.717) is 5.75 Å². The summed E-state index contributed by atoms with van der Waals surface area (Å²) in [6, 6.07) is 11.9. The predicted molar refractivity (Wildman–Crippen MR) is 84.3 cm³/mol. The van der Waals surface area contributed by atoms with Gasteiger partial charge in [0, 0.05) is 5.39 Å². The highest BCUT2D eigenvalue weighted by molar-refractivity contribution is 8.00. The van der Waals surface area contributed by atoms with Crippen LogP contribution in [-0.4, -0.2) is 21.5 Å². The number of para-hydroxylation sites is 1. The maximum absolute atomic E-state index is 11.2. The Kier molecular flexibility index (Phi) is 3.80. The van der Waals surface area contributed by atoms with Crippen molar-refractivity contribution in [2.24, 2.45) is 0 Å². The van der Waals surface area contributed by atoms with Gasteiger partial charge in [-0.15, -0.1) is 11.3 Å². The molecule has 2 heterocycles. The summed E-state index contributed by atoms with van der Waals surface area (Å²) < 4.78 is 0. The third-order valence-corrected chi connectivity index (χ3v) is 4.72. The Hall–Kier alpha value is -1.72. The maximum atomic E-state index is 11.2. The third kappa shape index (κ3) is 2.73. The summed E-state index contributed by atoms with van der Waals surface area (Å²) in [5.74, 6) is 1.31. The van der Waals surface area contributed by atoms with Crippen molar-refractivity contribution in [3.8, 4) is 10.7 Å². The van der Waals surface area contributed by atoms with E-state index in [1.165, 1.54) is 11.8 Å². The SMILES string of the molecule is CC(=O)CSc1nc(-c2cccs2)nc2ccccc12. The number of hydrogen-bond acceptors (Lipinski definition) is 5. The Morgan fingerprint density at radius 1 is 1.20 bits per heavy atom. The minimum Gasteiger partial charge on any atom is -0.299 e. The molecule has 2 aromatic heterocycles. The number of carbonyl (C=O) groups is 1. The van der Waals surface area contributed by atoms with Crippen LogP contribution in [0.5, 0.6) is 0 Å². The fourth-order valence-corrected chi connectivity index (χ4v) is 3.32. The molecule has 3 nitrogen and oxygen atoms in total. The smallest absolute Gasteiger partial charge is 0.171 e. The van der Waals surface area contributed by atoms with Crippen LogP contribution in [0.1, 0.15) is 6.92 Å². The van der Waals surface area contributed by atoms with Crippen LogP contribution in [0.25, 0.3) is 21.6 Å². The summed E-state index contributed by atoms with van der Waals surface area (Å²) in [5, 5.41) is 3.88. The van der Waals surface area contributed by atoms with Crippen LogP contribution in [-0.2, 0) is 4.79 Å². The van der Waals surface area contributed by atoms with Crippen LogP contribution < -0.4 is 0 Å². The van der Waals surface area contributed by atoms with Gasteiger partial charge in [0.15, 0.2) is 5.82 Å². The normalized spacial score (nSPS) is 10.8. The molecule has 0 amide bonds. The lowest BCUT2D eigenvalue weighted by Crippen LogP contribution is -1.97. The van der Waals surface area contributed by atoms with E-state index in [9.17, 15) is 4.79 Å². The van der Waals surface area contributed by atoms with Gasteiger partial charge in [0.1, 0.15) is 10.8 Å². The summed E-state index contributed by atoms with van der Waals surface area (Å²) in [6.45, 7) is 1.59. The second kappa shape index (κ2) is 5.73. The van der Waals surface area contributed by atoms with E-state index < -0.39 is 0 Å². The molecule has 0 saturated carbocycles. The molecule has 100 valence electrons. The van der Waals surface area contributed by atoms with Gasteiger partial charge in [0.2, 0.25) is 0 Å². The molecule has 0 saturated heterocycles. The summed E-state index contributed by atoms with van der Waals surface area (Å²) in [7, 11) is 0. The zero-order valence-electron chi connectivity index (χ0n) is 10.9. The fourth-order valence-electron chi connectivity index (χ4n) is 1.84. The number of benzene rings is 1. The molecule has 1 aromatic carbocycles. The molecule has 0 unspecified atom stereocenters. The van der Waals surface area contributed by atoms with Crippen LogP contribution in [0, 0.1) is 0 Å². The lowest BCUT2D eigenvalue weighted by molar-refractivity contribution is -0.114. The number of fused-ring (bicyclic) bond motifs is 1. The Morgan fingerprint density at radius 2 is 2.05 bits per heavy atom. The molecule has 0 radical (unpaired) electrons. The van der Waals surface area contributed by atoms with Crippen molar-refractivity contribution < 1.29 is 4.79 Å². The molecule has 0 fully saturated rings. The first-order valence-corrected chi connectivity index (χ1v) is 8.03. The molecule has 0 N–H and O–H groups in total. The second-order valence-corrected chi connectivity index (χ2v) is 6.25. The number of Topliss-reactive ketones (excluding diaryl/α,β-unsaturated/α-hetero) is 1. The largest absolute Gasteiger partial charge is 0.299 e. The topological polar surface area (TPSA) is 42.9 Å². The molecule has 0 aliphatic rings. The molecule has 5 heteroatoms. The summed E-state index contributed by atoms with van der Waals surface area (Å²) in [5.41, 5.74) is 0.914. The van der Waals surface area contributed by atoms with Gasteiger partial charge in [-0.25, -0.2) is 9.97 Å². The Balaban J connectivity index is 2.12. The van der Waals surface area contributed by atoms with Crippen LogP contribution in [0.4, 0.5) is 0 Å². The average Bonchev–Trinajstić information content (AvgIpc) is 2.98. The van der Waals surface area contributed by atoms with E-state index >= 15 is 0 Å². The van der Waals surface area contributed by atoms with E-state index in [2.05, 4.69) is 9.97 Å². The van der Waals surface area contributed by atoms with Gasteiger partial charge in [-0.2, -0.15) is 0 Å². The first-order valence-electron chi connectivity index (χ1n) is 6.17. The van der Waals surface area contributed by atoms with Gasteiger partial charge in [0.25, 0.3) is 0 Å². The molecule has 3 aromatic rings. The zero-order chi connectivity index (χ0) is 13.9. The lowest BCUT2D eigenvalue weighted by atomic mass is 10.2. The summed E-state index contributed by atoms with van der Waals surface area (Å²) in [6.07, 6.45) is 0. The Bertz CT molecular complexity index is 754. The maximum Gasteiger partial charge on any atom is 0.171 e. The lowest BCUT2D eigenvalue weighted by Gasteiger charge is -2.06. The van der Waals surface area contributed by atoms with Crippen molar-refractivity contribution in [3.05, 3.63) is 41.8 Å². The van der Waals surface area contributed by atoms with Gasteiger partial charge in [0.05, 0.1) is 16.1 Å². The molecule has 0 atom stereocenters. The number of ketones is 1. The number of hydrogen-bond donors (Lipinski definition) is 0. The minimum absolute atomic E-state index is 0.148. The van der Waals surface area contributed by atoms with Crippen LogP contribution >= 0.6 is 23.1 Å². The number of thioether (sulfide) groups is 1. The van der Waals surface area contributed by atoms with Crippen molar-refractivity contribution in [1.29, 1.82) is 0 Å². The third-order valence-electron chi connectivity index (χ3n) is 2.72. The molecular formula is C15H12N2OS2. The predicted octanol–water partition coefficient (Wildman–Crippen LogP) is 4.04. The van der Waals surface area contributed by atoms with Crippen molar-refractivity contribution in [1.82, 2.24) is 9.97 Å². The average molecular weight is 300 g/mol. The van der Waals surface area contributed by atoms with Gasteiger partial charge < -0.3 is 0 Å². The molecule has 20 heavy (non-hydrogen) atoms. The number of nitrogens with zero attached hydrogens (tertiary/aromatic N) is 2. The zero-order valence-corrected chi connectivity index (χ0v) is 12.5. The summed E-state index contributed by atoms with van der Waals surface area (Å²) in [4.78, 5) is 21.5. The van der Waals surface area contributed by atoms with E-state index in [1.54, 1.807) is 18.3 Å². The fraction of sp³-hybridized carbons (Fsp3) is 0.133. The molecule has 0 bridgehead atoms. The van der Waals surface area contributed by atoms with Gasteiger partial charge >= 0.3 is 0 Å². The highest BCUT2D eigenvalue weighted by Gasteiger charge is 2.10. The molecule has 0 aliphatic carbocycles. The Morgan fingerprint density at radius 3 is 2.80 bits per heavy atom. The van der Waals surface area contributed by atoms with E-state index in [1.807, 2.05) is 41.8 Å². The van der Waals surface area contributed by atoms with Crippen molar-refractivity contribution in [2.75, 3.05) is 5.75 Å². The van der Waals surface area contributed by atoms with E-state index in [-0.39, 0.29) is 5.78 Å². The van der Waals surface area contributed by atoms with Crippen molar-refractivity contribution in [2.45, 2.75) is 11.9 Å². The highest BCUT2D eigenvalue weighted by Crippen LogP contribution is 2.29. The Labute approximate surface area is 125 Å². The van der Waals surface area contributed by atoms with Crippen molar-refractivity contribution >= 4 is 39.8 Å². The molecule has 3 rings (SSSR count). The molecule has 0 spiro atoms. The summed E-state index contributed by atoms with van der Waals surface area (Å²) >= 11 is 3.09. The van der Waals surface area contributed by atoms with Gasteiger partial charge in [-0.1, -0.05) is 36.0 Å². The number of thiophene rings is 1. The quantitative estimate of drug-likeness (QED) is 0.539. The van der Waals surface area contributed by atoms with Crippen LogP contribution in [0.3, 0.4) is 0 Å². The molecule has 0 aliphatic heterocycles.